The van der Waals surface area contributed by atoms with Gasteiger partial charge in [-0.25, -0.2) is 0 Å². The number of morpholine rings is 1. The second-order valence-electron chi connectivity index (χ2n) is 10.3. The molecule has 3 aliphatic rings. The van der Waals surface area contributed by atoms with E-state index in [1.165, 1.54) is 5.56 Å². The van der Waals surface area contributed by atoms with Crippen molar-refractivity contribution in [3.8, 4) is 5.75 Å². The average Bonchev–Trinajstić information content (AvgIpc) is 3.21. The van der Waals surface area contributed by atoms with E-state index in [1.807, 2.05) is 35.9 Å². The van der Waals surface area contributed by atoms with Crippen LogP contribution in [-0.4, -0.2) is 102 Å². The molecule has 2 fully saturated rings. The highest BCUT2D eigenvalue weighted by Crippen LogP contribution is 2.50. The molecule has 0 radical (unpaired) electrons. The second-order valence-corrected chi connectivity index (χ2v) is 10.3. The molecule has 1 N–H and O–H groups in total. The highest BCUT2D eigenvalue weighted by atomic mass is 16.5. The van der Waals surface area contributed by atoms with Crippen LogP contribution in [0.2, 0.25) is 0 Å². The number of rotatable bonds is 5. The Hall–Kier alpha value is -2.62. The summed E-state index contributed by atoms with van der Waals surface area (Å²) in [6.45, 7) is 6.73. The molecular formula is C27H38N4O5. The van der Waals surface area contributed by atoms with Crippen LogP contribution in [0.1, 0.15) is 43.5 Å². The van der Waals surface area contributed by atoms with Gasteiger partial charge in [-0.05, 0) is 30.5 Å². The molecule has 9 nitrogen and oxygen atoms in total. The van der Waals surface area contributed by atoms with Crippen LogP contribution >= 0.6 is 0 Å². The number of aryl methyl sites for hydroxylation is 1. The minimum Gasteiger partial charge on any atom is -0.497 e. The first-order valence-electron chi connectivity index (χ1n) is 13.1. The number of benzene rings is 1. The Bertz CT molecular complexity index is 1130. The average molecular weight is 499 g/mol. The molecule has 2 saturated heterocycles. The van der Waals surface area contributed by atoms with Crippen LogP contribution in [0.4, 0.5) is 0 Å². The molecule has 1 aromatic heterocycles. The van der Waals surface area contributed by atoms with Crippen LogP contribution in [0.3, 0.4) is 0 Å². The zero-order valence-electron chi connectivity index (χ0n) is 21.7. The van der Waals surface area contributed by atoms with Crippen LogP contribution in [0.25, 0.3) is 10.9 Å². The topological polar surface area (TPSA) is 87.5 Å². The van der Waals surface area contributed by atoms with Crippen molar-refractivity contribution in [2.24, 2.45) is 7.05 Å². The van der Waals surface area contributed by atoms with E-state index in [-0.39, 0.29) is 23.8 Å². The molecule has 4 heterocycles. The van der Waals surface area contributed by atoms with Crippen molar-refractivity contribution in [1.82, 2.24) is 19.3 Å². The number of hydrogen-bond donors (Lipinski definition) is 1. The molecule has 36 heavy (non-hydrogen) atoms. The Labute approximate surface area is 212 Å². The highest BCUT2D eigenvalue weighted by Gasteiger charge is 2.49. The van der Waals surface area contributed by atoms with Gasteiger partial charge in [-0.3, -0.25) is 14.5 Å². The summed E-state index contributed by atoms with van der Waals surface area (Å²) in [5.74, 6) is 0.992. The van der Waals surface area contributed by atoms with E-state index < -0.39 is 6.04 Å². The highest BCUT2D eigenvalue weighted by molar-refractivity contribution is 5.90. The van der Waals surface area contributed by atoms with Crippen molar-refractivity contribution >= 4 is 22.7 Å². The Morgan fingerprint density at radius 2 is 1.86 bits per heavy atom. The molecule has 0 saturated carbocycles. The monoisotopic (exact) mass is 498 g/mol. The number of ether oxygens (including phenoxy) is 2. The molecule has 0 bridgehead atoms. The molecule has 2 aromatic rings. The van der Waals surface area contributed by atoms with Crippen molar-refractivity contribution in [3.63, 3.8) is 0 Å². The normalized spacial score (nSPS) is 22.2. The third-order valence-electron chi connectivity index (χ3n) is 8.48. The summed E-state index contributed by atoms with van der Waals surface area (Å²) in [6.07, 6.45) is 2.08. The van der Waals surface area contributed by atoms with E-state index in [0.717, 1.165) is 48.3 Å². The molecule has 0 aliphatic carbocycles. The van der Waals surface area contributed by atoms with Gasteiger partial charge >= 0.3 is 0 Å². The first-order chi connectivity index (χ1) is 17.4. The van der Waals surface area contributed by atoms with E-state index in [2.05, 4.69) is 15.5 Å². The molecule has 196 valence electrons. The second kappa shape index (κ2) is 10.0. The first kappa shape index (κ1) is 25.0. The fourth-order valence-electron chi connectivity index (χ4n) is 6.48. The Morgan fingerprint density at radius 3 is 2.50 bits per heavy atom. The van der Waals surface area contributed by atoms with E-state index in [9.17, 15) is 14.7 Å². The summed E-state index contributed by atoms with van der Waals surface area (Å²) in [5.41, 5.74) is 2.98. The van der Waals surface area contributed by atoms with Gasteiger partial charge in [0.15, 0.2) is 0 Å². The van der Waals surface area contributed by atoms with Crippen molar-refractivity contribution < 1.29 is 24.2 Å². The maximum absolute atomic E-state index is 13.8. The third kappa shape index (κ3) is 4.17. The number of carbonyl (C=O) groups excluding carboxylic acids is 2. The van der Waals surface area contributed by atoms with Crippen LogP contribution < -0.4 is 4.74 Å². The van der Waals surface area contributed by atoms with Crippen molar-refractivity contribution in [2.45, 2.75) is 37.6 Å². The Balaban J connectivity index is 1.58. The van der Waals surface area contributed by atoms with Crippen LogP contribution in [0.15, 0.2) is 18.2 Å². The molecule has 3 aliphatic heterocycles. The summed E-state index contributed by atoms with van der Waals surface area (Å²) in [6, 6.07) is 5.71. The van der Waals surface area contributed by atoms with Gasteiger partial charge in [-0.15, -0.1) is 0 Å². The molecule has 1 aromatic carbocycles. The first-order valence-corrected chi connectivity index (χ1v) is 13.1. The minimum absolute atomic E-state index is 0.0378. The van der Waals surface area contributed by atoms with Crippen molar-refractivity contribution in [3.05, 3.63) is 29.5 Å². The fraction of sp³-hybridized carbons (Fsp3) is 0.630. The molecule has 2 amide bonds. The number of likely N-dealkylation sites (tertiary alicyclic amines) is 1. The summed E-state index contributed by atoms with van der Waals surface area (Å²) >= 11 is 0. The third-order valence-corrected chi connectivity index (χ3v) is 8.48. The van der Waals surface area contributed by atoms with Gasteiger partial charge < -0.3 is 28.9 Å². The molecular weight excluding hydrogens is 460 g/mol. The Morgan fingerprint density at radius 1 is 1.14 bits per heavy atom. The van der Waals surface area contributed by atoms with Crippen molar-refractivity contribution in [2.75, 3.05) is 66.2 Å². The number of piperidine rings is 1. The largest absolute Gasteiger partial charge is 0.497 e. The SMILES string of the molecule is CCC(=O)N1CCC2(CC1)CN(C(=O)CN1CCOCC1)[C@@H](CO)c1c2c2ccc(OC)cc2n1C. The maximum atomic E-state index is 13.8. The van der Waals surface area contributed by atoms with Gasteiger partial charge in [0.05, 0.1) is 45.0 Å². The van der Waals surface area contributed by atoms with Crippen molar-refractivity contribution in [1.29, 1.82) is 0 Å². The van der Waals surface area contributed by atoms with Gasteiger partial charge in [0.2, 0.25) is 11.8 Å². The summed E-state index contributed by atoms with van der Waals surface area (Å²) in [5, 5.41) is 11.8. The quantitative estimate of drug-likeness (QED) is 0.675. The van der Waals surface area contributed by atoms with E-state index in [1.54, 1.807) is 7.11 Å². The predicted octanol–water partition coefficient (Wildman–Crippen LogP) is 1.66. The molecule has 5 rings (SSSR count). The molecule has 9 heteroatoms. The number of nitrogens with zero attached hydrogens (tertiary/aromatic N) is 4. The molecule has 1 atom stereocenters. The molecule has 0 unspecified atom stereocenters. The van der Waals surface area contributed by atoms with Gasteiger partial charge in [0, 0.05) is 68.8 Å². The number of amides is 2. The number of aromatic nitrogens is 1. The summed E-state index contributed by atoms with van der Waals surface area (Å²) in [4.78, 5) is 32.2. The van der Waals surface area contributed by atoms with E-state index in [4.69, 9.17) is 9.47 Å². The van der Waals surface area contributed by atoms with Gasteiger partial charge in [0.25, 0.3) is 0 Å². The summed E-state index contributed by atoms with van der Waals surface area (Å²) in [7, 11) is 3.68. The van der Waals surface area contributed by atoms with Crippen LogP contribution in [-0.2, 0) is 26.8 Å². The summed E-state index contributed by atoms with van der Waals surface area (Å²) < 4.78 is 13.1. The fourth-order valence-corrected chi connectivity index (χ4v) is 6.48. The van der Waals surface area contributed by atoms with Gasteiger partial charge in [0.1, 0.15) is 5.75 Å². The lowest BCUT2D eigenvalue weighted by Crippen LogP contribution is -2.57. The maximum Gasteiger partial charge on any atom is 0.237 e. The van der Waals surface area contributed by atoms with Crippen LogP contribution in [0.5, 0.6) is 5.75 Å². The number of carbonyl (C=O) groups is 2. The lowest BCUT2D eigenvalue weighted by molar-refractivity contribution is -0.141. The van der Waals surface area contributed by atoms with Gasteiger partial charge in [-0.2, -0.15) is 0 Å². The number of aliphatic hydroxyl groups is 1. The van der Waals surface area contributed by atoms with E-state index >= 15 is 0 Å². The smallest absolute Gasteiger partial charge is 0.237 e. The number of fused-ring (bicyclic) bond motifs is 4. The predicted molar refractivity (Wildman–Crippen MR) is 136 cm³/mol. The van der Waals surface area contributed by atoms with Crippen LogP contribution in [0, 0.1) is 0 Å². The number of hydrogen-bond acceptors (Lipinski definition) is 6. The number of methoxy groups -OCH3 is 1. The number of aliphatic hydroxyl groups excluding tert-OH is 1. The van der Waals surface area contributed by atoms with E-state index in [0.29, 0.717) is 45.8 Å². The zero-order chi connectivity index (χ0) is 25.4. The lowest BCUT2D eigenvalue weighted by Gasteiger charge is -2.50. The van der Waals surface area contributed by atoms with Gasteiger partial charge in [-0.1, -0.05) is 6.92 Å². The zero-order valence-corrected chi connectivity index (χ0v) is 21.7. The minimum atomic E-state index is -0.419. The Kier molecular flexibility index (Phi) is 6.98. The standard InChI is InChI=1S/C27H38N4O5/c1-4-23(33)30-9-7-27(8-10-30)18-31(24(34)16-29-11-13-36-14-12-29)22(17-32)26-25(27)20-6-5-19(35-3)15-21(20)28(26)2/h5-6,15,22,32H,4,7-14,16-18H2,1-3H3/t22-/m0/s1. The molecule has 1 spiro atoms. The lowest BCUT2D eigenvalue weighted by atomic mass is 9.68.